The average molecular weight is 241 g/mol. The van der Waals surface area contributed by atoms with Crippen LogP contribution in [-0.4, -0.2) is 40.1 Å². The molecule has 0 saturated carbocycles. The molecule has 1 aromatic carbocycles. The van der Waals surface area contributed by atoms with E-state index in [1.165, 1.54) is 4.90 Å². The first-order valence-electron chi connectivity index (χ1n) is 5.69. The van der Waals surface area contributed by atoms with Gasteiger partial charge in [-0.2, -0.15) is 5.26 Å². The maximum Gasteiger partial charge on any atom is 0.271 e. The summed E-state index contributed by atoms with van der Waals surface area (Å²) in [5, 5.41) is 19.2. The van der Waals surface area contributed by atoms with Crippen LogP contribution in [0.15, 0.2) is 24.3 Å². The summed E-state index contributed by atoms with van der Waals surface area (Å²) in [6.45, 7) is 0.665. The highest BCUT2D eigenvalue weighted by Gasteiger charge is 2.32. The summed E-state index contributed by atoms with van der Waals surface area (Å²) in [5.74, 6) is -0.229. The van der Waals surface area contributed by atoms with Gasteiger partial charge in [0.1, 0.15) is 11.8 Å². The fraction of sp³-hybridized carbons (Fsp3) is 0.231. The summed E-state index contributed by atoms with van der Waals surface area (Å²) >= 11 is 0. The molecule has 3 rings (SSSR count). The number of hydrogen-bond acceptors (Lipinski definition) is 3. The van der Waals surface area contributed by atoms with Crippen LogP contribution in [0.3, 0.4) is 0 Å². The van der Waals surface area contributed by atoms with Crippen molar-refractivity contribution < 1.29 is 9.90 Å². The number of carbonyl (C=O) groups is 1. The number of rotatable bonds is 1. The van der Waals surface area contributed by atoms with E-state index in [1.54, 1.807) is 0 Å². The predicted octanol–water partition coefficient (Wildman–Crippen LogP) is 0.856. The van der Waals surface area contributed by atoms with Crippen LogP contribution in [0.5, 0.6) is 0 Å². The molecule has 90 valence electrons. The number of fused-ring (bicyclic) bond motifs is 1. The molecule has 1 amide bonds. The molecular weight excluding hydrogens is 230 g/mol. The van der Waals surface area contributed by atoms with Crippen LogP contribution in [0, 0.1) is 11.3 Å². The molecule has 1 aliphatic rings. The van der Waals surface area contributed by atoms with E-state index in [0.29, 0.717) is 24.3 Å². The van der Waals surface area contributed by atoms with Crippen LogP contribution in [0.1, 0.15) is 16.1 Å². The fourth-order valence-corrected chi connectivity index (χ4v) is 2.20. The Hall–Kier alpha value is -2.32. The van der Waals surface area contributed by atoms with Crippen LogP contribution in [0.2, 0.25) is 0 Å². The van der Waals surface area contributed by atoms with Gasteiger partial charge in [-0.05, 0) is 6.07 Å². The number of aromatic nitrogens is 1. The first-order chi connectivity index (χ1) is 8.70. The quantitative estimate of drug-likeness (QED) is 0.777. The SMILES string of the molecule is N#Cc1c(C(=O)N2CC(O)C2)[nH]c2ccccc12. The highest BCUT2D eigenvalue weighted by molar-refractivity contribution is 6.03. The van der Waals surface area contributed by atoms with E-state index in [-0.39, 0.29) is 5.91 Å². The summed E-state index contributed by atoms with van der Waals surface area (Å²) < 4.78 is 0. The lowest BCUT2D eigenvalue weighted by atomic mass is 10.1. The molecule has 0 spiro atoms. The molecule has 5 nitrogen and oxygen atoms in total. The first kappa shape index (κ1) is 10.8. The van der Waals surface area contributed by atoms with E-state index in [1.807, 2.05) is 24.3 Å². The molecule has 1 fully saturated rings. The number of nitrogens with zero attached hydrogens (tertiary/aromatic N) is 2. The minimum Gasteiger partial charge on any atom is -0.389 e. The molecular formula is C13H11N3O2. The zero-order valence-electron chi connectivity index (χ0n) is 9.55. The largest absolute Gasteiger partial charge is 0.389 e. The summed E-state index contributed by atoms with van der Waals surface area (Å²) in [5.41, 5.74) is 1.46. The molecule has 1 saturated heterocycles. The molecule has 5 heteroatoms. The smallest absolute Gasteiger partial charge is 0.271 e. The number of aliphatic hydroxyl groups is 1. The van der Waals surface area contributed by atoms with E-state index >= 15 is 0 Å². The Morgan fingerprint density at radius 2 is 2.17 bits per heavy atom. The van der Waals surface area contributed by atoms with E-state index in [9.17, 15) is 15.2 Å². The number of likely N-dealkylation sites (tertiary alicyclic amines) is 1. The van der Waals surface area contributed by atoms with Gasteiger partial charge in [0.25, 0.3) is 5.91 Å². The van der Waals surface area contributed by atoms with Crippen molar-refractivity contribution in [3.8, 4) is 6.07 Å². The lowest BCUT2D eigenvalue weighted by Crippen LogP contribution is -2.53. The Kier molecular flexibility index (Phi) is 2.32. The van der Waals surface area contributed by atoms with Crippen LogP contribution in [-0.2, 0) is 0 Å². The average Bonchev–Trinajstić information content (AvgIpc) is 2.72. The Labute approximate surface area is 103 Å². The number of carbonyl (C=O) groups excluding carboxylic acids is 1. The Morgan fingerprint density at radius 1 is 1.44 bits per heavy atom. The third-order valence-electron chi connectivity index (χ3n) is 3.18. The summed E-state index contributed by atoms with van der Waals surface area (Å²) in [6, 6.07) is 9.40. The van der Waals surface area contributed by atoms with Gasteiger partial charge in [0, 0.05) is 24.0 Å². The van der Waals surface area contributed by atoms with Gasteiger partial charge in [0.2, 0.25) is 0 Å². The zero-order valence-corrected chi connectivity index (χ0v) is 9.55. The standard InChI is InChI=1S/C13H11N3O2/c14-5-10-9-3-1-2-4-11(9)15-12(10)13(18)16-6-8(17)7-16/h1-4,8,15,17H,6-7H2. The van der Waals surface area contributed by atoms with Gasteiger partial charge in [-0.15, -0.1) is 0 Å². The van der Waals surface area contributed by atoms with Crippen LogP contribution in [0.4, 0.5) is 0 Å². The number of hydrogen-bond donors (Lipinski definition) is 2. The van der Waals surface area contributed by atoms with Crippen molar-refractivity contribution in [1.82, 2.24) is 9.88 Å². The van der Waals surface area contributed by atoms with Crippen molar-refractivity contribution in [2.75, 3.05) is 13.1 Å². The minimum atomic E-state index is -0.441. The molecule has 2 aromatic rings. The van der Waals surface area contributed by atoms with E-state index in [4.69, 9.17) is 0 Å². The summed E-state index contributed by atoms with van der Waals surface area (Å²) in [7, 11) is 0. The lowest BCUT2D eigenvalue weighted by Gasteiger charge is -2.35. The number of para-hydroxylation sites is 1. The number of aromatic amines is 1. The number of amides is 1. The van der Waals surface area contributed by atoms with Gasteiger partial charge in [0.15, 0.2) is 0 Å². The molecule has 2 heterocycles. The van der Waals surface area contributed by atoms with Crippen LogP contribution < -0.4 is 0 Å². The maximum atomic E-state index is 12.2. The van der Waals surface area contributed by atoms with Gasteiger partial charge in [-0.1, -0.05) is 18.2 Å². The maximum absolute atomic E-state index is 12.2. The lowest BCUT2D eigenvalue weighted by molar-refractivity contribution is 0.00554. The number of aliphatic hydroxyl groups excluding tert-OH is 1. The van der Waals surface area contributed by atoms with Crippen LogP contribution in [0.25, 0.3) is 10.9 Å². The monoisotopic (exact) mass is 241 g/mol. The van der Waals surface area contributed by atoms with Gasteiger partial charge >= 0.3 is 0 Å². The van der Waals surface area contributed by atoms with E-state index < -0.39 is 6.10 Å². The second-order valence-electron chi connectivity index (χ2n) is 4.40. The molecule has 0 atom stereocenters. The van der Waals surface area contributed by atoms with E-state index in [2.05, 4.69) is 11.1 Å². The fourth-order valence-electron chi connectivity index (χ4n) is 2.20. The third kappa shape index (κ3) is 1.47. The Morgan fingerprint density at radius 3 is 2.83 bits per heavy atom. The van der Waals surface area contributed by atoms with Crippen molar-refractivity contribution in [3.05, 3.63) is 35.5 Å². The number of nitrogens with one attached hydrogen (secondary N) is 1. The van der Waals surface area contributed by atoms with Crippen molar-refractivity contribution in [2.24, 2.45) is 0 Å². The number of β-amino-alcohol motifs (C(OH)–C–C–N with tert-alkyl or cyclic N) is 1. The molecule has 0 bridgehead atoms. The van der Waals surface area contributed by atoms with Crippen LogP contribution >= 0.6 is 0 Å². The normalized spacial score (nSPS) is 15.4. The topological polar surface area (TPSA) is 80.1 Å². The molecule has 1 aromatic heterocycles. The molecule has 18 heavy (non-hydrogen) atoms. The second-order valence-corrected chi connectivity index (χ2v) is 4.40. The highest BCUT2D eigenvalue weighted by atomic mass is 16.3. The zero-order chi connectivity index (χ0) is 12.7. The summed E-state index contributed by atoms with van der Waals surface area (Å²) in [6.07, 6.45) is -0.441. The molecule has 1 aliphatic heterocycles. The number of nitriles is 1. The Bertz CT molecular complexity index is 662. The van der Waals surface area contributed by atoms with Gasteiger partial charge in [-0.3, -0.25) is 4.79 Å². The van der Waals surface area contributed by atoms with Crippen molar-refractivity contribution >= 4 is 16.8 Å². The van der Waals surface area contributed by atoms with Gasteiger partial charge in [-0.25, -0.2) is 0 Å². The highest BCUT2D eigenvalue weighted by Crippen LogP contribution is 2.24. The van der Waals surface area contributed by atoms with Crippen molar-refractivity contribution in [1.29, 1.82) is 5.26 Å². The predicted molar refractivity (Wildman–Crippen MR) is 64.9 cm³/mol. The molecule has 0 radical (unpaired) electrons. The van der Waals surface area contributed by atoms with Crippen molar-refractivity contribution in [2.45, 2.75) is 6.10 Å². The first-order valence-corrected chi connectivity index (χ1v) is 5.69. The number of H-pyrrole nitrogens is 1. The second kappa shape index (κ2) is 3.86. The minimum absolute atomic E-state index is 0.229. The summed E-state index contributed by atoms with van der Waals surface area (Å²) in [4.78, 5) is 16.7. The molecule has 0 unspecified atom stereocenters. The third-order valence-corrected chi connectivity index (χ3v) is 3.18. The number of benzene rings is 1. The van der Waals surface area contributed by atoms with E-state index in [0.717, 1.165) is 10.9 Å². The molecule has 0 aliphatic carbocycles. The Balaban J connectivity index is 2.06. The molecule has 2 N–H and O–H groups in total. The van der Waals surface area contributed by atoms with Gasteiger partial charge in [0.05, 0.1) is 11.7 Å². The van der Waals surface area contributed by atoms with Crippen molar-refractivity contribution in [3.63, 3.8) is 0 Å². The van der Waals surface area contributed by atoms with Gasteiger partial charge < -0.3 is 15.0 Å².